The van der Waals surface area contributed by atoms with Gasteiger partial charge in [-0.1, -0.05) is 11.3 Å². The Balaban J connectivity index is 2.33. The minimum Gasteiger partial charge on any atom is -0.493 e. The van der Waals surface area contributed by atoms with Crippen LogP contribution >= 0.6 is 11.3 Å². The molecule has 0 atom stereocenters. The number of methoxy groups -OCH3 is 2. The van der Waals surface area contributed by atoms with E-state index in [0.717, 1.165) is 11.3 Å². The lowest BCUT2D eigenvalue weighted by atomic mass is 10.3. The highest BCUT2D eigenvalue weighted by Crippen LogP contribution is 2.31. The standard InChI is InChI=1S/C15H19N3O5S2/c1-9-13(14(19)18(2)3)24-15(16-9)17-25(20,21)10-6-7-11(22-4)12(8-10)23-5/h6-8H,1-5H3,(H,16,17). The number of benzene rings is 1. The molecule has 0 fully saturated rings. The summed E-state index contributed by atoms with van der Waals surface area (Å²) >= 11 is 0.987. The number of ether oxygens (including phenoxy) is 2. The molecule has 0 aliphatic carbocycles. The molecule has 1 aromatic heterocycles. The molecule has 0 saturated carbocycles. The average Bonchev–Trinajstić information content (AvgIpc) is 2.92. The van der Waals surface area contributed by atoms with Crippen LogP contribution in [0.15, 0.2) is 23.1 Å². The molecule has 1 heterocycles. The van der Waals surface area contributed by atoms with Gasteiger partial charge in [-0.3, -0.25) is 9.52 Å². The minimum absolute atomic E-state index is 0.00140. The summed E-state index contributed by atoms with van der Waals surface area (Å²) in [6.07, 6.45) is 0. The molecular formula is C15H19N3O5S2. The number of amides is 1. The summed E-state index contributed by atoms with van der Waals surface area (Å²) in [4.78, 5) is 18.0. The van der Waals surface area contributed by atoms with Crippen LogP contribution in [-0.4, -0.2) is 52.5 Å². The number of anilines is 1. The largest absolute Gasteiger partial charge is 0.493 e. The van der Waals surface area contributed by atoms with Crippen LogP contribution in [0.2, 0.25) is 0 Å². The second kappa shape index (κ2) is 7.28. The molecule has 2 rings (SSSR count). The van der Waals surface area contributed by atoms with Gasteiger partial charge in [-0.05, 0) is 19.1 Å². The number of carbonyl (C=O) groups excluding carboxylic acids is 1. The molecular weight excluding hydrogens is 366 g/mol. The van der Waals surface area contributed by atoms with Gasteiger partial charge in [0.2, 0.25) is 0 Å². The van der Waals surface area contributed by atoms with Crippen LogP contribution in [0, 0.1) is 6.92 Å². The number of aromatic nitrogens is 1. The van der Waals surface area contributed by atoms with E-state index >= 15 is 0 Å². The molecule has 1 aromatic carbocycles. The zero-order valence-electron chi connectivity index (χ0n) is 14.5. The highest BCUT2D eigenvalue weighted by atomic mass is 32.2. The van der Waals surface area contributed by atoms with Crippen LogP contribution in [-0.2, 0) is 10.0 Å². The number of carbonyl (C=O) groups is 1. The highest BCUT2D eigenvalue weighted by Gasteiger charge is 2.22. The van der Waals surface area contributed by atoms with E-state index in [-0.39, 0.29) is 15.9 Å². The second-order valence-corrected chi connectivity index (χ2v) is 7.94. The van der Waals surface area contributed by atoms with Crippen molar-refractivity contribution in [1.29, 1.82) is 0 Å². The predicted molar refractivity (Wildman–Crippen MR) is 95.2 cm³/mol. The molecule has 10 heteroatoms. The van der Waals surface area contributed by atoms with Crippen molar-refractivity contribution < 1.29 is 22.7 Å². The van der Waals surface area contributed by atoms with Crippen molar-refractivity contribution in [2.24, 2.45) is 0 Å². The summed E-state index contributed by atoms with van der Waals surface area (Å²) in [6.45, 7) is 1.65. The number of aryl methyl sites for hydroxylation is 1. The summed E-state index contributed by atoms with van der Waals surface area (Å²) in [5.74, 6) is 0.487. The molecule has 1 amide bonds. The van der Waals surface area contributed by atoms with Gasteiger partial charge in [0.1, 0.15) is 4.88 Å². The van der Waals surface area contributed by atoms with Gasteiger partial charge in [0.05, 0.1) is 24.8 Å². The van der Waals surface area contributed by atoms with Crippen molar-refractivity contribution in [3.05, 3.63) is 28.8 Å². The smallest absolute Gasteiger partial charge is 0.265 e. The molecule has 0 unspecified atom stereocenters. The predicted octanol–water partition coefficient (Wildman–Crippen LogP) is 1.97. The first-order chi connectivity index (χ1) is 11.7. The van der Waals surface area contributed by atoms with E-state index in [4.69, 9.17) is 9.47 Å². The maximum Gasteiger partial charge on any atom is 0.265 e. The van der Waals surface area contributed by atoms with Crippen LogP contribution < -0.4 is 14.2 Å². The third kappa shape index (κ3) is 4.02. The second-order valence-electron chi connectivity index (χ2n) is 5.26. The molecule has 8 nitrogen and oxygen atoms in total. The number of sulfonamides is 1. The van der Waals surface area contributed by atoms with Gasteiger partial charge in [0.25, 0.3) is 15.9 Å². The van der Waals surface area contributed by atoms with Gasteiger partial charge in [-0.15, -0.1) is 0 Å². The Morgan fingerprint density at radius 3 is 2.40 bits per heavy atom. The van der Waals surface area contributed by atoms with Crippen LogP contribution in [0.25, 0.3) is 0 Å². The van der Waals surface area contributed by atoms with E-state index in [1.54, 1.807) is 21.0 Å². The lowest BCUT2D eigenvalue weighted by molar-refractivity contribution is 0.0831. The zero-order valence-corrected chi connectivity index (χ0v) is 16.1. The molecule has 136 valence electrons. The van der Waals surface area contributed by atoms with Gasteiger partial charge in [0.15, 0.2) is 16.6 Å². The number of hydrogen-bond donors (Lipinski definition) is 1. The quantitative estimate of drug-likeness (QED) is 0.816. The Morgan fingerprint density at radius 2 is 1.84 bits per heavy atom. The number of nitrogens with zero attached hydrogens (tertiary/aromatic N) is 2. The van der Waals surface area contributed by atoms with Gasteiger partial charge in [-0.2, -0.15) is 0 Å². The molecule has 2 aromatic rings. The number of rotatable bonds is 6. The summed E-state index contributed by atoms with van der Waals surface area (Å²) in [5, 5.41) is 0.123. The van der Waals surface area contributed by atoms with Crippen molar-refractivity contribution in [3.8, 4) is 11.5 Å². The lowest BCUT2D eigenvalue weighted by Gasteiger charge is -2.10. The topological polar surface area (TPSA) is 97.8 Å². The first-order valence-electron chi connectivity index (χ1n) is 7.13. The maximum atomic E-state index is 12.6. The first-order valence-corrected chi connectivity index (χ1v) is 9.43. The van der Waals surface area contributed by atoms with E-state index < -0.39 is 10.0 Å². The van der Waals surface area contributed by atoms with Crippen molar-refractivity contribution in [1.82, 2.24) is 9.88 Å². The summed E-state index contributed by atoms with van der Waals surface area (Å²) in [6, 6.07) is 4.26. The van der Waals surface area contributed by atoms with Gasteiger partial charge < -0.3 is 14.4 Å². The van der Waals surface area contributed by atoms with Crippen molar-refractivity contribution >= 4 is 32.4 Å². The van der Waals surface area contributed by atoms with Gasteiger partial charge >= 0.3 is 0 Å². The molecule has 0 aliphatic rings. The Hall–Kier alpha value is -2.33. The zero-order chi connectivity index (χ0) is 18.8. The fraction of sp³-hybridized carbons (Fsp3) is 0.333. The van der Waals surface area contributed by atoms with Crippen molar-refractivity contribution in [2.45, 2.75) is 11.8 Å². The molecule has 0 saturated heterocycles. The number of hydrogen-bond acceptors (Lipinski definition) is 7. The fourth-order valence-corrected chi connectivity index (χ4v) is 4.24. The Kier molecular flexibility index (Phi) is 5.53. The van der Waals surface area contributed by atoms with Crippen LogP contribution in [0.1, 0.15) is 15.4 Å². The third-order valence-electron chi connectivity index (χ3n) is 3.28. The van der Waals surface area contributed by atoms with E-state index in [0.29, 0.717) is 22.1 Å². The molecule has 0 bridgehead atoms. The Morgan fingerprint density at radius 1 is 1.20 bits per heavy atom. The van der Waals surface area contributed by atoms with E-state index in [2.05, 4.69) is 9.71 Å². The fourth-order valence-electron chi connectivity index (χ4n) is 2.00. The van der Waals surface area contributed by atoms with Crippen molar-refractivity contribution in [3.63, 3.8) is 0 Å². The summed E-state index contributed by atoms with van der Waals surface area (Å²) in [7, 11) is 2.24. The Labute approximate surface area is 150 Å². The molecule has 0 aliphatic heterocycles. The van der Waals surface area contributed by atoms with Gasteiger partial charge in [-0.25, -0.2) is 13.4 Å². The number of thiazole rings is 1. The van der Waals surface area contributed by atoms with Crippen LogP contribution in [0.4, 0.5) is 5.13 Å². The highest BCUT2D eigenvalue weighted by molar-refractivity contribution is 7.93. The van der Waals surface area contributed by atoms with E-state index in [1.165, 1.54) is 37.3 Å². The molecule has 1 N–H and O–H groups in total. The SMILES string of the molecule is COc1ccc(S(=O)(=O)Nc2nc(C)c(C(=O)N(C)C)s2)cc1OC. The number of nitrogens with one attached hydrogen (secondary N) is 1. The van der Waals surface area contributed by atoms with Gasteiger partial charge in [0, 0.05) is 20.2 Å². The van der Waals surface area contributed by atoms with Crippen LogP contribution in [0.5, 0.6) is 11.5 Å². The molecule has 0 radical (unpaired) electrons. The summed E-state index contributed by atoms with van der Waals surface area (Å²) < 4.78 is 37.7. The first kappa shape index (κ1) is 19.0. The average molecular weight is 385 g/mol. The van der Waals surface area contributed by atoms with E-state index in [1.807, 2.05) is 0 Å². The minimum atomic E-state index is -3.88. The lowest BCUT2D eigenvalue weighted by Crippen LogP contribution is -2.21. The van der Waals surface area contributed by atoms with Crippen molar-refractivity contribution in [2.75, 3.05) is 33.0 Å². The Bertz CT molecular complexity index is 891. The molecule has 25 heavy (non-hydrogen) atoms. The monoisotopic (exact) mass is 385 g/mol. The normalized spacial score (nSPS) is 11.1. The molecule has 0 spiro atoms. The summed E-state index contributed by atoms with van der Waals surface area (Å²) in [5.41, 5.74) is 0.466. The maximum absolute atomic E-state index is 12.6. The van der Waals surface area contributed by atoms with Crippen LogP contribution in [0.3, 0.4) is 0 Å². The van der Waals surface area contributed by atoms with E-state index in [9.17, 15) is 13.2 Å². The third-order valence-corrected chi connectivity index (χ3v) is 5.81.